The number of aryl methyl sites for hydroxylation is 1. The van der Waals surface area contributed by atoms with Crippen molar-refractivity contribution < 1.29 is 17.9 Å². The highest BCUT2D eigenvalue weighted by Crippen LogP contribution is 2.37. The number of benzene rings is 2. The number of ether oxygens (including phenoxy) is 1. The summed E-state index contributed by atoms with van der Waals surface area (Å²) in [5, 5.41) is 3.60. The Morgan fingerprint density at radius 3 is 2.19 bits per heavy atom. The number of rotatable bonds is 7. The summed E-state index contributed by atoms with van der Waals surface area (Å²) in [6, 6.07) is 14.2. The zero-order valence-electron chi connectivity index (χ0n) is 20.2. The Balaban J connectivity index is 0.00000222. The third kappa shape index (κ3) is 7.34. The van der Waals surface area contributed by atoms with Crippen molar-refractivity contribution >= 4 is 21.8 Å². The maximum atomic E-state index is 13.1. The third-order valence-electron chi connectivity index (χ3n) is 5.01. The number of aromatic amines is 1. The van der Waals surface area contributed by atoms with Crippen LogP contribution in [-0.4, -0.2) is 23.6 Å². The van der Waals surface area contributed by atoms with Crippen molar-refractivity contribution in [3.8, 4) is 28.1 Å². The lowest BCUT2D eigenvalue weighted by atomic mass is 9.97. The smallest absolute Gasteiger partial charge is 0.389 e. The monoisotopic (exact) mass is 567 g/mol. The highest BCUT2D eigenvalue weighted by atomic mass is 79.9. The van der Waals surface area contributed by atoms with Gasteiger partial charge in [0.25, 0.3) is 5.56 Å². The molecule has 7 nitrogen and oxygen atoms in total. The van der Waals surface area contributed by atoms with Crippen LogP contribution in [0, 0.1) is 6.92 Å². The number of hydrazone groups is 1. The number of pyridine rings is 1. The van der Waals surface area contributed by atoms with Crippen LogP contribution < -0.4 is 27.4 Å². The van der Waals surface area contributed by atoms with Crippen LogP contribution >= 0.6 is 15.9 Å². The Morgan fingerprint density at radius 1 is 1.08 bits per heavy atom. The molecule has 2 aromatic carbocycles. The summed E-state index contributed by atoms with van der Waals surface area (Å²) in [6.07, 6.45) is -5.24. The summed E-state index contributed by atoms with van der Waals surface area (Å²) in [5.74, 6) is 11.4. The van der Waals surface area contributed by atoms with Gasteiger partial charge < -0.3 is 21.0 Å². The number of amidine groups is 1. The molecule has 3 rings (SSSR count). The molecule has 0 atom stereocenters. The van der Waals surface area contributed by atoms with E-state index in [9.17, 15) is 18.0 Å². The fourth-order valence-electron chi connectivity index (χ4n) is 3.35. The van der Waals surface area contributed by atoms with Gasteiger partial charge in [-0.1, -0.05) is 43.7 Å². The van der Waals surface area contributed by atoms with Crippen molar-refractivity contribution in [2.75, 3.05) is 6.61 Å². The molecule has 0 spiro atoms. The molecule has 1 heterocycles. The molecule has 0 saturated carbocycles. The molecule has 3 aromatic rings. The predicted molar refractivity (Wildman–Crippen MR) is 141 cm³/mol. The number of nitrogens with two attached hydrogens (primary N) is 2. The molecule has 0 aliphatic rings. The largest absolute Gasteiger partial charge is 0.494 e. The second kappa shape index (κ2) is 13.1. The van der Waals surface area contributed by atoms with Crippen LogP contribution in [0.4, 0.5) is 13.2 Å². The Kier molecular flexibility index (Phi) is 10.5. The molecule has 6 N–H and O–H groups in total. The second-order valence-corrected chi connectivity index (χ2v) is 8.27. The number of nitrogens with one attached hydrogen (secondary N) is 2. The average molecular weight is 568 g/mol. The van der Waals surface area contributed by atoms with Crippen molar-refractivity contribution in [2.45, 2.75) is 39.8 Å². The first-order valence-electron chi connectivity index (χ1n) is 11.2. The van der Waals surface area contributed by atoms with Crippen LogP contribution in [0.2, 0.25) is 0 Å². The molecule has 36 heavy (non-hydrogen) atoms. The van der Waals surface area contributed by atoms with E-state index in [1.54, 1.807) is 24.3 Å². The van der Waals surface area contributed by atoms with Crippen LogP contribution in [0.15, 0.2) is 62.9 Å². The van der Waals surface area contributed by atoms with Crippen LogP contribution in [0.25, 0.3) is 22.4 Å². The summed E-state index contributed by atoms with van der Waals surface area (Å²) in [7, 11) is 0. The molecular formula is C25H29BrF3N5O2. The SMILES string of the molecule is CC.Cc1ccc(-c2c(Br)c(-c3ccc(OCCCC(F)(F)F)cc3)[nH]c(=O)c2/C(=N/N)NN)cc1. The topological polar surface area (TPSA) is 119 Å². The molecule has 0 aliphatic carbocycles. The summed E-state index contributed by atoms with van der Waals surface area (Å²) < 4.78 is 42.8. The normalized spacial score (nSPS) is 11.5. The summed E-state index contributed by atoms with van der Waals surface area (Å²) in [4.78, 5) is 15.9. The van der Waals surface area contributed by atoms with Gasteiger partial charge in [0.15, 0.2) is 5.84 Å². The van der Waals surface area contributed by atoms with E-state index in [0.29, 0.717) is 27.0 Å². The molecule has 194 valence electrons. The number of hydrogen-bond donors (Lipinski definition) is 4. The van der Waals surface area contributed by atoms with Gasteiger partial charge in [0.2, 0.25) is 0 Å². The Bertz CT molecular complexity index is 1220. The van der Waals surface area contributed by atoms with Gasteiger partial charge in [0, 0.05) is 12.0 Å². The molecule has 0 unspecified atom stereocenters. The fraction of sp³-hybridized carbons (Fsp3) is 0.280. The van der Waals surface area contributed by atoms with E-state index >= 15 is 0 Å². The van der Waals surface area contributed by atoms with Gasteiger partial charge in [-0.2, -0.15) is 18.3 Å². The molecule has 0 radical (unpaired) electrons. The highest BCUT2D eigenvalue weighted by Gasteiger charge is 2.26. The van der Waals surface area contributed by atoms with Gasteiger partial charge in [-0.25, -0.2) is 5.84 Å². The Hall–Kier alpha value is -3.31. The standard InChI is InChI=1S/C23H23BrF3N5O2.C2H6/c1-13-3-5-14(6-4-13)17-18(21(31-28)32-29)22(33)30-20(19(17)24)15-7-9-16(10-8-15)34-12-2-11-23(25,26)27;1-2/h3-10H,2,11-12,28-29H2,1H3,(H,30,33)(H,31,32);1-2H3. The van der Waals surface area contributed by atoms with Crippen LogP contribution in [0.3, 0.4) is 0 Å². The van der Waals surface area contributed by atoms with Gasteiger partial charge in [-0.15, -0.1) is 0 Å². The first-order valence-corrected chi connectivity index (χ1v) is 12.0. The van der Waals surface area contributed by atoms with Gasteiger partial charge in [0.05, 0.1) is 22.3 Å². The Morgan fingerprint density at radius 2 is 1.67 bits per heavy atom. The maximum Gasteiger partial charge on any atom is 0.389 e. The molecule has 0 bridgehead atoms. The summed E-state index contributed by atoms with van der Waals surface area (Å²) in [5.41, 5.74) is 5.50. The first kappa shape index (κ1) is 28.9. The highest BCUT2D eigenvalue weighted by molar-refractivity contribution is 9.10. The molecule has 0 amide bonds. The predicted octanol–water partition coefficient (Wildman–Crippen LogP) is 5.61. The van der Waals surface area contributed by atoms with Gasteiger partial charge in [0.1, 0.15) is 5.75 Å². The lowest BCUT2D eigenvalue weighted by molar-refractivity contribution is -0.136. The third-order valence-corrected chi connectivity index (χ3v) is 5.81. The molecular weight excluding hydrogens is 539 g/mol. The molecule has 0 saturated heterocycles. The lowest BCUT2D eigenvalue weighted by Crippen LogP contribution is -2.37. The van der Waals surface area contributed by atoms with Crippen molar-refractivity contribution in [3.63, 3.8) is 0 Å². The first-order chi connectivity index (χ1) is 17.1. The molecule has 1 aromatic heterocycles. The lowest BCUT2D eigenvalue weighted by Gasteiger charge is -2.16. The fourth-order valence-corrected chi connectivity index (χ4v) is 4.10. The average Bonchev–Trinajstić information content (AvgIpc) is 2.86. The van der Waals surface area contributed by atoms with Gasteiger partial charge in [-0.05, 0) is 64.7 Å². The number of hydrazine groups is 1. The zero-order chi connectivity index (χ0) is 26.9. The van der Waals surface area contributed by atoms with Crippen LogP contribution in [-0.2, 0) is 0 Å². The number of alkyl halides is 3. The summed E-state index contributed by atoms with van der Waals surface area (Å²) >= 11 is 3.60. The number of hydrogen-bond acceptors (Lipinski definition) is 5. The van der Waals surface area contributed by atoms with E-state index in [1.807, 2.05) is 45.0 Å². The Labute approximate surface area is 215 Å². The van der Waals surface area contributed by atoms with E-state index in [-0.39, 0.29) is 24.4 Å². The zero-order valence-corrected chi connectivity index (χ0v) is 21.8. The number of nitrogens with zero attached hydrogens (tertiary/aromatic N) is 1. The minimum Gasteiger partial charge on any atom is -0.494 e. The van der Waals surface area contributed by atoms with E-state index < -0.39 is 18.2 Å². The maximum absolute atomic E-state index is 13.1. The number of halogens is 4. The summed E-state index contributed by atoms with van der Waals surface area (Å²) in [6.45, 7) is 5.89. The minimum atomic E-state index is -4.21. The van der Waals surface area contributed by atoms with Crippen LogP contribution in [0.5, 0.6) is 5.75 Å². The van der Waals surface area contributed by atoms with Gasteiger partial charge in [-0.3, -0.25) is 4.79 Å². The van der Waals surface area contributed by atoms with Crippen molar-refractivity contribution in [1.82, 2.24) is 10.4 Å². The van der Waals surface area contributed by atoms with Crippen molar-refractivity contribution in [1.29, 1.82) is 0 Å². The molecule has 0 fully saturated rings. The van der Waals surface area contributed by atoms with Crippen molar-refractivity contribution in [2.24, 2.45) is 16.8 Å². The number of aromatic nitrogens is 1. The quantitative estimate of drug-likeness (QED) is 0.0972. The van der Waals surface area contributed by atoms with E-state index in [2.05, 4.69) is 31.4 Å². The molecule has 11 heteroatoms. The van der Waals surface area contributed by atoms with Gasteiger partial charge >= 0.3 is 6.18 Å². The van der Waals surface area contributed by atoms with Crippen LogP contribution in [0.1, 0.15) is 37.8 Å². The second-order valence-electron chi connectivity index (χ2n) is 7.47. The minimum absolute atomic E-state index is 0.00618. The van der Waals surface area contributed by atoms with E-state index in [1.165, 1.54) is 0 Å². The van der Waals surface area contributed by atoms with E-state index in [4.69, 9.17) is 16.4 Å². The molecule has 0 aliphatic heterocycles. The number of H-pyrrole nitrogens is 1. The van der Waals surface area contributed by atoms with Crippen molar-refractivity contribution in [3.05, 3.63) is 74.5 Å². The van der Waals surface area contributed by atoms with E-state index in [0.717, 1.165) is 11.1 Å².